The van der Waals surface area contributed by atoms with E-state index in [1.807, 2.05) is 11.6 Å². The molecular formula is C17H21N3O3S. The van der Waals surface area contributed by atoms with Crippen molar-refractivity contribution in [2.75, 3.05) is 37.5 Å². The zero-order chi connectivity index (χ0) is 16.9. The summed E-state index contributed by atoms with van der Waals surface area (Å²) in [5.41, 5.74) is 0.693. The van der Waals surface area contributed by atoms with Crippen LogP contribution in [0.25, 0.3) is 0 Å². The molecule has 3 rings (SSSR count). The number of piperidine rings is 1. The van der Waals surface area contributed by atoms with Crippen molar-refractivity contribution >= 4 is 28.1 Å². The maximum Gasteiger partial charge on any atom is 0.227 e. The van der Waals surface area contributed by atoms with E-state index in [4.69, 9.17) is 9.47 Å². The van der Waals surface area contributed by atoms with Crippen molar-refractivity contribution in [2.24, 2.45) is 5.92 Å². The van der Waals surface area contributed by atoms with E-state index in [0.29, 0.717) is 17.2 Å². The van der Waals surface area contributed by atoms with E-state index in [-0.39, 0.29) is 11.8 Å². The Kier molecular flexibility index (Phi) is 5.20. The van der Waals surface area contributed by atoms with Crippen LogP contribution < -0.4 is 19.7 Å². The van der Waals surface area contributed by atoms with Crippen molar-refractivity contribution in [3.05, 3.63) is 29.8 Å². The number of nitrogens with one attached hydrogen (secondary N) is 1. The van der Waals surface area contributed by atoms with E-state index in [9.17, 15) is 4.79 Å². The highest BCUT2D eigenvalue weighted by Crippen LogP contribution is 2.28. The Morgan fingerprint density at radius 1 is 1.21 bits per heavy atom. The molecule has 24 heavy (non-hydrogen) atoms. The van der Waals surface area contributed by atoms with Crippen molar-refractivity contribution in [1.29, 1.82) is 0 Å². The number of anilines is 2. The molecule has 1 aliphatic rings. The SMILES string of the molecule is COc1cc(NC(=O)C2CCN(c3nccs3)CC2)cc(OC)c1. The Morgan fingerprint density at radius 2 is 1.88 bits per heavy atom. The minimum atomic E-state index is 0.0124. The van der Waals surface area contributed by atoms with Crippen LogP contribution in [0.5, 0.6) is 11.5 Å². The molecule has 2 heterocycles. The first-order chi connectivity index (χ1) is 11.7. The first-order valence-electron chi connectivity index (χ1n) is 7.88. The predicted molar refractivity (Wildman–Crippen MR) is 95.2 cm³/mol. The quantitative estimate of drug-likeness (QED) is 0.901. The van der Waals surface area contributed by atoms with E-state index in [1.54, 1.807) is 43.8 Å². The molecule has 1 fully saturated rings. The summed E-state index contributed by atoms with van der Waals surface area (Å²) < 4.78 is 10.5. The second-order valence-corrected chi connectivity index (χ2v) is 6.54. The van der Waals surface area contributed by atoms with E-state index < -0.39 is 0 Å². The monoisotopic (exact) mass is 347 g/mol. The Balaban J connectivity index is 1.60. The zero-order valence-corrected chi connectivity index (χ0v) is 14.6. The predicted octanol–water partition coefficient (Wildman–Crippen LogP) is 3.02. The molecule has 0 atom stereocenters. The number of nitrogens with zero attached hydrogens (tertiary/aromatic N) is 2. The van der Waals surface area contributed by atoms with Gasteiger partial charge in [0.25, 0.3) is 0 Å². The number of amides is 1. The Hall–Kier alpha value is -2.28. The first kappa shape index (κ1) is 16.6. The lowest BCUT2D eigenvalue weighted by molar-refractivity contribution is -0.120. The van der Waals surface area contributed by atoms with Gasteiger partial charge in [-0.1, -0.05) is 0 Å². The standard InChI is InChI=1S/C17H21N3O3S/c1-22-14-9-13(10-15(11-14)23-2)19-16(21)12-3-6-20(7-4-12)17-18-5-8-24-17/h5,8-12H,3-4,6-7H2,1-2H3,(H,19,21). The van der Waals surface area contributed by atoms with Gasteiger partial charge < -0.3 is 19.7 Å². The number of ether oxygens (including phenoxy) is 2. The molecule has 128 valence electrons. The summed E-state index contributed by atoms with van der Waals surface area (Å²) in [6, 6.07) is 5.37. The second-order valence-electron chi connectivity index (χ2n) is 5.67. The third-order valence-corrected chi connectivity index (χ3v) is 5.01. The molecular weight excluding hydrogens is 326 g/mol. The topological polar surface area (TPSA) is 63.7 Å². The van der Waals surface area contributed by atoms with Gasteiger partial charge in [-0.3, -0.25) is 4.79 Å². The lowest BCUT2D eigenvalue weighted by atomic mass is 9.96. The fraction of sp³-hybridized carbons (Fsp3) is 0.412. The molecule has 2 aromatic rings. The van der Waals surface area contributed by atoms with Crippen molar-refractivity contribution in [2.45, 2.75) is 12.8 Å². The van der Waals surface area contributed by atoms with Crippen molar-refractivity contribution in [1.82, 2.24) is 4.98 Å². The number of rotatable bonds is 5. The van der Waals surface area contributed by atoms with Gasteiger partial charge in [0, 0.05) is 54.5 Å². The van der Waals surface area contributed by atoms with Crippen LogP contribution in [0.3, 0.4) is 0 Å². The second kappa shape index (κ2) is 7.53. The lowest BCUT2D eigenvalue weighted by Gasteiger charge is -2.31. The number of carbonyl (C=O) groups is 1. The highest BCUT2D eigenvalue weighted by molar-refractivity contribution is 7.13. The smallest absolute Gasteiger partial charge is 0.227 e. The molecule has 0 bridgehead atoms. The summed E-state index contributed by atoms with van der Waals surface area (Å²) in [6.45, 7) is 1.71. The van der Waals surface area contributed by atoms with Crippen LogP contribution in [-0.4, -0.2) is 38.2 Å². The van der Waals surface area contributed by atoms with Gasteiger partial charge in [0.15, 0.2) is 5.13 Å². The molecule has 1 amide bonds. The van der Waals surface area contributed by atoms with Crippen LogP contribution in [0.15, 0.2) is 29.8 Å². The summed E-state index contributed by atoms with van der Waals surface area (Å²) in [5.74, 6) is 1.37. The number of methoxy groups -OCH3 is 2. The molecule has 6 nitrogen and oxygen atoms in total. The maximum absolute atomic E-state index is 12.5. The van der Waals surface area contributed by atoms with Crippen LogP contribution in [-0.2, 0) is 4.79 Å². The van der Waals surface area contributed by atoms with E-state index in [2.05, 4.69) is 15.2 Å². The Morgan fingerprint density at radius 3 is 2.42 bits per heavy atom. The molecule has 0 unspecified atom stereocenters. The van der Waals surface area contributed by atoms with Gasteiger partial charge in [-0.2, -0.15) is 0 Å². The van der Waals surface area contributed by atoms with Gasteiger partial charge >= 0.3 is 0 Å². The summed E-state index contributed by atoms with van der Waals surface area (Å²) in [7, 11) is 3.18. The number of hydrogen-bond donors (Lipinski definition) is 1. The molecule has 0 aliphatic carbocycles. The van der Waals surface area contributed by atoms with Gasteiger partial charge in [-0.25, -0.2) is 4.98 Å². The van der Waals surface area contributed by atoms with Gasteiger partial charge in [-0.05, 0) is 12.8 Å². The Labute approximate surface area is 145 Å². The lowest BCUT2D eigenvalue weighted by Crippen LogP contribution is -2.38. The van der Waals surface area contributed by atoms with Crippen molar-refractivity contribution in [3.8, 4) is 11.5 Å². The first-order valence-corrected chi connectivity index (χ1v) is 8.76. The van der Waals surface area contributed by atoms with Crippen molar-refractivity contribution in [3.63, 3.8) is 0 Å². The van der Waals surface area contributed by atoms with E-state index in [0.717, 1.165) is 31.1 Å². The molecule has 0 saturated carbocycles. The van der Waals surface area contributed by atoms with Crippen molar-refractivity contribution < 1.29 is 14.3 Å². The number of benzene rings is 1. The third kappa shape index (κ3) is 3.79. The van der Waals surface area contributed by atoms with E-state index >= 15 is 0 Å². The summed E-state index contributed by atoms with van der Waals surface area (Å²) in [4.78, 5) is 19.1. The highest BCUT2D eigenvalue weighted by atomic mass is 32.1. The number of carbonyl (C=O) groups excluding carboxylic acids is 1. The van der Waals surface area contributed by atoms with Gasteiger partial charge in [0.1, 0.15) is 11.5 Å². The Bertz CT molecular complexity index is 660. The molecule has 0 radical (unpaired) electrons. The molecule has 1 aromatic heterocycles. The summed E-state index contributed by atoms with van der Waals surface area (Å²) >= 11 is 1.64. The van der Waals surface area contributed by atoms with Crippen LogP contribution in [0, 0.1) is 5.92 Å². The highest BCUT2D eigenvalue weighted by Gasteiger charge is 2.26. The molecule has 1 saturated heterocycles. The van der Waals surface area contributed by atoms with Gasteiger partial charge in [0.05, 0.1) is 14.2 Å². The number of thiazole rings is 1. The molecule has 7 heteroatoms. The molecule has 1 N–H and O–H groups in total. The fourth-order valence-corrected chi connectivity index (χ4v) is 3.53. The normalized spacial score (nSPS) is 15.2. The third-order valence-electron chi connectivity index (χ3n) is 4.17. The fourth-order valence-electron chi connectivity index (χ4n) is 2.83. The minimum Gasteiger partial charge on any atom is -0.497 e. The maximum atomic E-state index is 12.5. The molecule has 1 aliphatic heterocycles. The van der Waals surface area contributed by atoms with Gasteiger partial charge in [0.2, 0.25) is 5.91 Å². The average Bonchev–Trinajstić information content (AvgIpc) is 3.16. The van der Waals surface area contributed by atoms with Crippen LogP contribution in [0.4, 0.5) is 10.8 Å². The summed E-state index contributed by atoms with van der Waals surface area (Å²) in [5, 5.41) is 5.99. The van der Waals surface area contributed by atoms with Crippen LogP contribution in [0.1, 0.15) is 12.8 Å². The van der Waals surface area contributed by atoms with Gasteiger partial charge in [-0.15, -0.1) is 11.3 Å². The summed E-state index contributed by atoms with van der Waals surface area (Å²) in [6.07, 6.45) is 3.47. The minimum absolute atomic E-state index is 0.0124. The molecule has 1 aromatic carbocycles. The zero-order valence-electron chi connectivity index (χ0n) is 13.8. The number of aromatic nitrogens is 1. The average molecular weight is 347 g/mol. The number of hydrogen-bond acceptors (Lipinski definition) is 6. The van der Waals surface area contributed by atoms with Crippen LogP contribution in [0.2, 0.25) is 0 Å². The largest absolute Gasteiger partial charge is 0.497 e. The molecule has 0 spiro atoms. The van der Waals surface area contributed by atoms with Crippen LogP contribution >= 0.6 is 11.3 Å². The van der Waals surface area contributed by atoms with E-state index in [1.165, 1.54) is 0 Å².